The molecule has 0 aromatic heterocycles. The molecule has 110 valence electrons. The van der Waals surface area contributed by atoms with E-state index in [1.807, 2.05) is 13.3 Å². The Balaban J connectivity index is 4.95. The lowest BCUT2D eigenvalue weighted by atomic mass is 10.1. The van der Waals surface area contributed by atoms with Crippen molar-refractivity contribution in [1.29, 1.82) is 0 Å². The van der Waals surface area contributed by atoms with Crippen molar-refractivity contribution in [3.05, 3.63) is 23.4 Å². The summed E-state index contributed by atoms with van der Waals surface area (Å²) < 4.78 is 5.12. The molecule has 0 unspecified atom stereocenters. The highest BCUT2D eigenvalue weighted by molar-refractivity contribution is 5.80. The van der Waals surface area contributed by atoms with Crippen LogP contribution in [0.1, 0.15) is 39.5 Å². The predicted octanol–water partition coefficient (Wildman–Crippen LogP) is 3.68. The number of rotatable bonds is 10. The highest BCUT2D eigenvalue weighted by Crippen LogP contribution is 2.16. The SMILES string of the molecule is C/C=C/C(=C(/C=N\C)CCCC)N(C)CCCOC. The maximum Gasteiger partial charge on any atom is 0.0479 e. The average Bonchev–Trinajstić information content (AvgIpc) is 2.41. The van der Waals surface area contributed by atoms with Gasteiger partial charge in [0.1, 0.15) is 0 Å². The molecule has 3 nitrogen and oxygen atoms in total. The molecule has 0 heterocycles. The topological polar surface area (TPSA) is 24.8 Å². The van der Waals surface area contributed by atoms with Crippen LogP contribution >= 0.6 is 0 Å². The van der Waals surface area contributed by atoms with Gasteiger partial charge in [0.2, 0.25) is 0 Å². The molecular weight excluding hydrogens is 236 g/mol. The van der Waals surface area contributed by atoms with Gasteiger partial charge in [-0.2, -0.15) is 0 Å². The fraction of sp³-hybridized carbons (Fsp3) is 0.688. The van der Waals surface area contributed by atoms with Crippen LogP contribution in [0.3, 0.4) is 0 Å². The second kappa shape index (κ2) is 12.0. The minimum atomic E-state index is 0.805. The summed E-state index contributed by atoms with van der Waals surface area (Å²) >= 11 is 0. The molecule has 0 aliphatic rings. The van der Waals surface area contributed by atoms with Crippen LogP contribution in [0, 0.1) is 0 Å². The average molecular weight is 266 g/mol. The number of nitrogens with zero attached hydrogens (tertiary/aromatic N) is 2. The third-order valence-electron chi connectivity index (χ3n) is 2.99. The van der Waals surface area contributed by atoms with Crippen LogP contribution in [0.4, 0.5) is 0 Å². The van der Waals surface area contributed by atoms with E-state index in [1.165, 1.54) is 24.1 Å². The molecule has 3 heteroatoms. The fourth-order valence-electron chi connectivity index (χ4n) is 1.99. The quantitative estimate of drug-likeness (QED) is 0.342. The van der Waals surface area contributed by atoms with Gasteiger partial charge in [-0.25, -0.2) is 0 Å². The van der Waals surface area contributed by atoms with E-state index in [0.717, 1.165) is 26.0 Å². The molecule has 0 bridgehead atoms. The minimum Gasteiger partial charge on any atom is -0.385 e. The highest BCUT2D eigenvalue weighted by Gasteiger charge is 2.07. The number of hydrogen-bond donors (Lipinski definition) is 0. The minimum absolute atomic E-state index is 0.805. The van der Waals surface area contributed by atoms with Crippen molar-refractivity contribution in [1.82, 2.24) is 4.90 Å². The van der Waals surface area contributed by atoms with Crippen molar-refractivity contribution in [3.63, 3.8) is 0 Å². The zero-order valence-corrected chi connectivity index (χ0v) is 13.3. The maximum absolute atomic E-state index is 5.12. The van der Waals surface area contributed by atoms with Crippen molar-refractivity contribution in [2.75, 3.05) is 34.4 Å². The molecule has 0 rings (SSSR count). The van der Waals surface area contributed by atoms with Gasteiger partial charge < -0.3 is 9.64 Å². The number of methoxy groups -OCH3 is 1. The normalized spacial score (nSPS) is 13.3. The maximum atomic E-state index is 5.12. The predicted molar refractivity (Wildman–Crippen MR) is 84.9 cm³/mol. The molecule has 0 saturated heterocycles. The Morgan fingerprint density at radius 3 is 2.58 bits per heavy atom. The summed E-state index contributed by atoms with van der Waals surface area (Å²) in [5.41, 5.74) is 2.60. The molecule has 0 aromatic carbocycles. The number of ether oxygens (including phenoxy) is 1. The Kier molecular flexibility index (Phi) is 11.3. The van der Waals surface area contributed by atoms with Crippen molar-refractivity contribution in [2.45, 2.75) is 39.5 Å². The Hall–Kier alpha value is -1.09. The first-order valence-corrected chi connectivity index (χ1v) is 7.19. The molecule has 0 radical (unpaired) electrons. The number of likely N-dealkylation sites (N-methyl/N-ethyl adjacent to an activating group) is 1. The molecule has 0 aliphatic heterocycles. The third-order valence-corrected chi connectivity index (χ3v) is 2.99. The summed E-state index contributed by atoms with van der Waals surface area (Å²) in [6.45, 7) is 6.09. The van der Waals surface area contributed by atoms with E-state index in [-0.39, 0.29) is 0 Å². The van der Waals surface area contributed by atoms with Gasteiger partial charge in [-0.15, -0.1) is 0 Å². The molecule has 0 aromatic rings. The first-order valence-electron chi connectivity index (χ1n) is 7.19. The molecule has 0 amide bonds. The van der Waals surface area contributed by atoms with Gasteiger partial charge in [0.25, 0.3) is 0 Å². The van der Waals surface area contributed by atoms with E-state index in [9.17, 15) is 0 Å². The Morgan fingerprint density at radius 1 is 1.32 bits per heavy atom. The number of aliphatic imine (C=N–C) groups is 1. The smallest absolute Gasteiger partial charge is 0.0479 e. The molecule has 0 N–H and O–H groups in total. The lowest BCUT2D eigenvalue weighted by Gasteiger charge is -2.23. The summed E-state index contributed by atoms with van der Waals surface area (Å²) in [6.07, 6.45) is 10.8. The van der Waals surface area contributed by atoms with Crippen LogP contribution in [-0.2, 0) is 4.74 Å². The van der Waals surface area contributed by atoms with Crippen LogP contribution in [0.15, 0.2) is 28.4 Å². The summed E-state index contributed by atoms with van der Waals surface area (Å²) in [6, 6.07) is 0. The van der Waals surface area contributed by atoms with Crippen LogP contribution in [-0.4, -0.2) is 45.5 Å². The van der Waals surface area contributed by atoms with Crippen LogP contribution < -0.4 is 0 Å². The van der Waals surface area contributed by atoms with E-state index < -0.39 is 0 Å². The lowest BCUT2D eigenvalue weighted by molar-refractivity contribution is 0.185. The van der Waals surface area contributed by atoms with Gasteiger partial charge >= 0.3 is 0 Å². The number of hydrogen-bond acceptors (Lipinski definition) is 3. The summed E-state index contributed by atoms with van der Waals surface area (Å²) in [5.74, 6) is 0. The Bertz CT molecular complexity index is 306. The molecule has 0 aliphatic carbocycles. The van der Waals surface area contributed by atoms with Crippen molar-refractivity contribution < 1.29 is 4.74 Å². The van der Waals surface area contributed by atoms with Gasteiger partial charge in [0.05, 0.1) is 0 Å². The monoisotopic (exact) mass is 266 g/mol. The van der Waals surface area contributed by atoms with E-state index in [4.69, 9.17) is 4.74 Å². The van der Waals surface area contributed by atoms with Gasteiger partial charge in [0, 0.05) is 46.3 Å². The van der Waals surface area contributed by atoms with Gasteiger partial charge in [-0.05, 0) is 37.8 Å². The first kappa shape index (κ1) is 17.9. The third kappa shape index (κ3) is 7.83. The Labute approximate surface area is 119 Å². The second-order valence-corrected chi connectivity index (χ2v) is 4.67. The van der Waals surface area contributed by atoms with Crippen molar-refractivity contribution in [2.24, 2.45) is 4.99 Å². The number of allylic oxidation sites excluding steroid dienone is 3. The van der Waals surface area contributed by atoms with Crippen LogP contribution in [0.25, 0.3) is 0 Å². The molecule has 0 fully saturated rings. The van der Waals surface area contributed by atoms with E-state index >= 15 is 0 Å². The summed E-state index contributed by atoms with van der Waals surface area (Å²) in [5, 5.41) is 0. The lowest BCUT2D eigenvalue weighted by Crippen LogP contribution is -2.21. The zero-order chi connectivity index (χ0) is 14.5. The largest absolute Gasteiger partial charge is 0.385 e. The zero-order valence-electron chi connectivity index (χ0n) is 13.3. The van der Waals surface area contributed by atoms with Crippen molar-refractivity contribution in [3.8, 4) is 0 Å². The van der Waals surface area contributed by atoms with Crippen LogP contribution in [0.5, 0.6) is 0 Å². The Morgan fingerprint density at radius 2 is 2.05 bits per heavy atom. The molecule has 0 saturated carbocycles. The van der Waals surface area contributed by atoms with E-state index in [2.05, 4.69) is 42.9 Å². The standard InChI is InChI=1S/C16H30N2O/c1-6-8-11-15(14-17-3)16(10-7-2)18(4)12-9-13-19-5/h7,10,14H,6,8-9,11-13H2,1-5H3/b10-7+,16-15-,17-14-. The van der Waals surface area contributed by atoms with E-state index in [1.54, 1.807) is 7.11 Å². The van der Waals surface area contributed by atoms with Gasteiger partial charge in [-0.3, -0.25) is 4.99 Å². The number of unbranched alkanes of at least 4 members (excludes halogenated alkanes) is 1. The molecule has 0 spiro atoms. The van der Waals surface area contributed by atoms with Crippen LogP contribution in [0.2, 0.25) is 0 Å². The highest BCUT2D eigenvalue weighted by atomic mass is 16.5. The van der Waals surface area contributed by atoms with Gasteiger partial charge in [-0.1, -0.05) is 19.4 Å². The van der Waals surface area contributed by atoms with Crippen molar-refractivity contribution >= 4 is 6.21 Å². The second-order valence-electron chi connectivity index (χ2n) is 4.67. The molecular formula is C16H30N2O. The summed E-state index contributed by atoms with van der Waals surface area (Å²) in [7, 11) is 5.73. The van der Waals surface area contributed by atoms with E-state index in [0.29, 0.717) is 0 Å². The molecule has 19 heavy (non-hydrogen) atoms. The van der Waals surface area contributed by atoms with Gasteiger partial charge in [0.15, 0.2) is 0 Å². The molecule has 0 atom stereocenters. The first-order chi connectivity index (χ1) is 9.21. The summed E-state index contributed by atoms with van der Waals surface area (Å²) in [4.78, 5) is 6.50. The fourth-order valence-corrected chi connectivity index (χ4v) is 1.99.